The molecule has 0 atom stereocenters. The standard InChI is InChI=1S/C59H39NS.C54H37NS/c1-59(2)51-23-10-7-14-41(51)42-32-28-38(35-52(42)59)57-47-19-5-3-17-45(47)56(46-18-4-6-20-48(46)57)36-26-30-39(31-27-36)60-53-24-11-8-15-43(53)50-34-37(29-33-54(50)60)40-21-13-22-49-44-16-9-12-25-55(44)61-58(40)49;1-2-15-38-34(13-1)14-11-23-42(38)53-45-20-5-3-18-43(45)52(44-19-4-6-21-46(44)53)35-27-30-37(31-28-35)55-49-25-9-7-16-40(49)48-33-36(29-32-50(48)55)39-22-12-24-47-41-17-8-10-26-51(41)56-54(39)47/h3-35H,1-2H3;3-12,14,16-33H,1-2,13,15H2. The lowest BCUT2D eigenvalue weighted by Gasteiger charge is -2.23. The van der Waals surface area contributed by atoms with Crippen molar-refractivity contribution in [3.05, 3.63) is 398 Å². The average Bonchev–Trinajstić information content (AvgIpc) is 1.34. The second kappa shape index (κ2) is 26.7. The van der Waals surface area contributed by atoms with E-state index in [1.807, 2.05) is 22.7 Å². The summed E-state index contributed by atoms with van der Waals surface area (Å²) in [5, 5.41) is 20.8. The normalized spacial score (nSPS) is 13.1. The van der Waals surface area contributed by atoms with Crippen molar-refractivity contribution in [3.8, 4) is 89.3 Å². The van der Waals surface area contributed by atoms with Gasteiger partial charge in [0, 0.05) is 78.7 Å². The van der Waals surface area contributed by atoms with E-state index >= 15 is 0 Å². The molecule has 0 spiro atoms. The molecule has 2 nitrogen and oxygen atoms in total. The lowest BCUT2D eigenvalue weighted by molar-refractivity contribution is 0.660. The fourth-order valence-corrected chi connectivity index (χ4v) is 23.2. The molecule has 0 unspecified atom stereocenters. The second-order valence-electron chi connectivity index (χ2n) is 32.6. The fourth-order valence-electron chi connectivity index (χ4n) is 20.7. The van der Waals surface area contributed by atoms with Gasteiger partial charge in [-0.15, -0.1) is 22.7 Å². The molecule has 4 aromatic heterocycles. The maximum absolute atomic E-state index is 2.47. The lowest BCUT2D eigenvalue weighted by atomic mass is 9.80. The molecule has 550 valence electrons. The number of benzene rings is 19. The van der Waals surface area contributed by atoms with Crippen molar-refractivity contribution in [3.63, 3.8) is 0 Å². The van der Waals surface area contributed by atoms with Gasteiger partial charge in [-0.2, -0.15) is 0 Å². The third-order valence-electron chi connectivity index (χ3n) is 26.0. The van der Waals surface area contributed by atoms with Crippen LogP contribution in [0.25, 0.3) is 216 Å². The van der Waals surface area contributed by atoms with Gasteiger partial charge < -0.3 is 9.13 Å². The van der Waals surface area contributed by atoms with Gasteiger partial charge >= 0.3 is 0 Å². The van der Waals surface area contributed by atoms with E-state index in [-0.39, 0.29) is 5.41 Å². The summed E-state index contributed by atoms with van der Waals surface area (Å²) in [6.07, 6.45) is 4.89. The van der Waals surface area contributed by atoms with Gasteiger partial charge in [-0.05, 0) is 248 Å². The molecule has 0 radical (unpaired) electrons. The van der Waals surface area contributed by atoms with E-state index in [2.05, 4.69) is 399 Å². The Bertz CT molecular complexity index is 7980. The molecular formula is C113H76N2S2. The van der Waals surface area contributed by atoms with Gasteiger partial charge in [0.25, 0.3) is 0 Å². The summed E-state index contributed by atoms with van der Waals surface area (Å²) in [6, 6.07) is 141. The molecule has 0 amide bonds. The molecule has 0 bridgehead atoms. The van der Waals surface area contributed by atoms with Crippen LogP contribution in [-0.4, -0.2) is 9.13 Å². The van der Waals surface area contributed by atoms with E-state index in [1.165, 1.54) is 247 Å². The van der Waals surface area contributed by atoms with Gasteiger partial charge in [0.05, 0.1) is 22.1 Å². The summed E-state index contributed by atoms with van der Waals surface area (Å²) < 4.78 is 10.2. The number of hydrogen-bond acceptors (Lipinski definition) is 2. The van der Waals surface area contributed by atoms with Crippen molar-refractivity contribution >= 4 is 150 Å². The minimum absolute atomic E-state index is 0.0673. The number of aryl methyl sites for hydroxylation is 1. The highest BCUT2D eigenvalue weighted by atomic mass is 32.1. The van der Waals surface area contributed by atoms with E-state index in [4.69, 9.17) is 0 Å². The minimum Gasteiger partial charge on any atom is -0.309 e. The highest BCUT2D eigenvalue weighted by molar-refractivity contribution is 7.26. The van der Waals surface area contributed by atoms with Crippen LogP contribution in [0.1, 0.15) is 48.9 Å². The van der Waals surface area contributed by atoms with Gasteiger partial charge in [-0.25, -0.2) is 0 Å². The summed E-state index contributed by atoms with van der Waals surface area (Å²) in [5.41, 5.74) is 31.2. The zero-order chi connectivity index (χ0) is 77.1. The van der Waals surface area contributed by atoms with Gasteiger partial charge in [-0.1, -0.05) is 311 Å². The van der Waals surface area contributed by atoms with Crippen LogP contribution >= 0.6 is 22.7 Å². The van der Waals surface area contributed by atoms with Crippen molar-refractivity contribution in [1.82, 2.24) is 9.13 Å². The first-order chi connectivity index (χ1) is 57.8. The molecule has 2 aliphatic rings. The van der Waals surface area contributed by atoms with Crippen LogP contribution in [0.15, 0.2) is 376 Å². The SMILES string of the molecule is CC1(C)c2ccccc2-c2ccc(-c3c4ccccc4c(-c4ccc(-n5c6ccccc6c6cc(-c7cccc8c7sc7ccccc78)ccc65)cc4)c4ccccc34)cc21.c1cc2c(c(-c3c4ccccc4c(-c4ccc(-n5c6ccccc6c6cc(-c7cccc8c7sc7ccccc78)ccc65)cc4)c4ccccc34)c1)CCCC2. The van der Waals surface area contributed by atoms with E-state index in [0.29, 0.717) is 0 Å². The first-order valence-electron chi connectivity index (χ1n) is 41.2. The van der Waals surface area contributed by atoms with Gasteiger partial charge in [-0.3, -0.25) is 0 Å². The van der Waals surface area contributed by atoms with Crippen molar-refractivity contribution in [2.45, 2.75) is 44.9 Å². The Balaban J connectivity index is 0.000000135. The van der Waals surface area contributed by atoms with Crippen molar-refractivity contribution < 1.29 is 0 Å². The minimum atomic E-state index is -0.0673. The fraction of sp³-hybridized carbons (Fsp3) is 0.0619. The molecule has 4 heteroatoms. The highest BCUT2D eigenvalue weighted by Gasteiger charge is 2.36. The molecule has 19 aromatic carbocycles. The van der Waals surface area contributed by atoms with Crippen LogP contribution in [0, 0.1) is 0 Å². The molecule has 2 aliphatic carbocycles. The molecule has 0 N–H and O–H groups in total. The number of thiophene rings is 2. The third kappa shape index (κ3) is 10.5. The van der Waals surface area contributed by atoms with Gasteiger partial charge in [0.1, 0.15) is 0 Å². The van der Waals surface area contributed by atoms with Crippen LogP contribution in [0.4, 0.5) is 0 Å². The molecule has 25 rings (SSSR count). The van der Waals surface area contributed by atoms with Crippen molar-refractivity contribution in [1.29, 1.82) is 0 Å². The maximum Gasteiger partial charge on any atom is 0.0541 e. The quantitative estimate of drug-likeness (QED) is 0.134. The van der Waals surface area contributed by atoms with Crippen LogP contribution < -0.4 is 0 Å². The zero-order valence-electron chi connectivity index (χ0n) is 64.8. The average molecular weight is 1530 g/mol. The molecule has 0 aliphatic heterocycles. The van der Waals surface area contributed by atoms with Crippen LogP contribution in [0.3, 0.4) is 0 Å². The number of hydrogen-bond donors (Lipinski definition) is 0. The summed E-state index contributed by atoms with van der Waals surface area (Å²) in [6.45, 7) is 4.74. The van der Waals surface area contributed by atoms with E-state index in [0.717, 1.165) is 12.1 Å². The molecule has 23 aromatic rings. The van der Waals surface area contributed by atoms with Crippen LogP contribution in [0.5, 0.6) is 0 Å². The molecule has 0 saturated carbocycles. The molecule has 117 heavy (non-hydrogen) atoms. The Morgan fingerprint density at radius 1 is 0.231 bits per heavy atom. The van der Waals surface area contributed by atoms with Crippen LogP contribution in [-0.2, 0) is 18.3 Å². The Hall–Kier alpha value is -13.7. The zero-order valence-corrected chi connectivity index (χ0v) is 66.5. The van der Waals surface area contributed by atoms with Crippen LogP contribution in [0.2, 0.25) is 0 Å². The Kier molecular flexibility index (Phi) is 15.4. The smallest absolute Gasteiger partial charge is 0.0541 e. The van der Waals surface area contributed by atoms with Gasteiger partial charge in [0.2, 0.25) is 0 Å². The number of aromatic nitrogens is 2. The largest absolute Gasteiger partial charge is 0.309 e. The first-order valence-corrected chi connectivity index (χ1v) is 42.8. The number of rotatable bonds is 8. The van der Waals surface area contributed by atoms with Crippen molar-refractivity contribution in [2.24, 2.45) is 0 Å². The van der Waals surface area contributed by atoms with E-state index in [1.54, 1.807) is 5.56 Å². The first kappa shape index (κ1) is 67.7. The van der Waals surface area contributed by atoms with Crippen molar-refractivity contribution in [2.75, 3.05) is 0 Å². The monoisotopic (exact) mass is 1520 g/mol. The summed E-state index contributed by atoms with van der Waals surface area (Å²) >= 11 is 3.79. The van der Waals surface area contributed by atoms with E-state index in [9.17, 15) is 0 Å². The summed E-state index contributed by atoms with van der Waals surface area (Å²) in [5.74, 6) is 0. The predicted octanol–water partition coefficient (Wildman–Crippen LogP) is 32.1. The highest BCUT2D eigenvalue weighted by Crippen LogP contribution is 2.54. The topological polar surface area (TPSA) is 9.86 Å². The number of para-hydroxylation sites is 2. The third-order valence-corrected chi connectivity index (χ3v) is 28.4. The number of nitrogens with zero attached hydrogens (tertiary/aromatic N) is 2. The number of fused-ring (bicyclic) bond motifs is 20. The summed E-state index contributed by atoms with van der Waals surface area (Å²) in [7, 11) is 0. The lowest BCUT2D eigenvalue weighted by Crippen LogP contribution is -2.14. The molecule has 0 fully saturated rings. The molecular weight excluding hydrogens is 1450 g/mol. The maximum atomic E-state index is 2.47. The van der Waals surface area contributed by atoms with E-state index < -0.39 is 0 Å². The molecule has 0 saturated heterocycles. The Labute approximate surface area is 686 Å². The second-order valence-corrected chi connectivity index (χ2v) is 34.7. The summed E-state index contributed by atoms with van der Waals surface area (Å²) in [4.78, 5) is 0. The Morgan fingerprint density at radius 3 is 1.08 bits per heavy atom. The Morgan fingerprint density at radius 2 is 0.581 bits per heavy atom. The van der Waals surface area contributed by atoms with Gasteiger partial charge in [0.15, 0.2) is 0 Å². The predicted molar refractivity (Wildman–Crippen MR) is 504 cm³/mol. The molecule has 4 heterocycles.